The topological polar surface area (TPSA) is 57.0 Å². The highest BCUT2D eigenvalue weighted by atomic mass is 32.1. The van der Waals surface area contributed by atoms with E-state index in [2.05, 4.69) is 10.1 Å². The third kappa shape index (κ3) is 2.21. The van der Waals surface area contributed by atoms with E-state index in [1.54, 1.807) is 34.5 Å². The van der Waals surface area contributed by atoms with Crippen molar-refractivity contribution in [3.8, 4) is 16.3 Å². The van der Waals surface area contributed by atoms with Crippen molar-refractivity contribution >= 4 is 17.3 Å². The fourth-order valence-electron chi connectivity index (χ4n) is 1.87. The Morgan fingerprint density at radius 1 is 1.30 bits per heavy atom. The van der Waals surface area contributed by atoms with Crippen LogP contribution in [0.25, 0.3) is 16.3 Å². The van der Waals surface area contributed by atoms with Crippen LogP contribution in [0.5, 0.6) is 0 Å². The lowest BCUT2D eigenvalue weighted by Crippen LogP contribution is -2.04. The number of nitrogens with zero attached hydrogens (tertiary/aromatic N) is 3. The molecule has 6 heteroatoms. The van der Waals surface area contributed by atoms with E-state index in [1.165, 1.54) is 7.11 Å². The van der Waals surface area contributed by atoms with E-state index in [9.17, 15) is 4.79 Å². The van der Waals surface area contributed by atoms with Crippen LogP contribution < -0.4 is 0 Å². The van der Waals surface area contributed by atoms with Gasteiger partial charge in [0.1, 0.15) is 0 Å². The summed E-state index contributed by atoms with van der Waals surface area (Å²) in [6.45, 7) is 0. The van der Waals surface area contributed by atoms with Crippen molar-refractivity contribution in [1.29, 1.82) is 0 Å². The molecule has 0 amide bonds. The highest BCUT2D eigenvalue weighted by Gasteiger charge is 2.17. The number of carbonyl (C=O) groups excluding carboxylic acids is 1. The summed E-state index contributed by atoms with van der Waals surface area (Å²) >= 11 is 1.59. The van der Waals surface area contributed by atoms with E-state index in [1.807, 2.05) is 29.6 Å². The molecule has 20 heavy (non-hydrogen) atoms. The maximum absolute atomic E-state index is 11.7. The lowest BCUT2D eigenvalue weighted by Gasteiger charge is -2.04. The summed E-state index contributed by atoms with van der Waals surface area (Å²) in [6.07, 6.45) is 3.38. The van der Waals surface area contributed by atoms with Gasteiger partial charge in [-0.15, -0.1) is 11.3 Å². The predicted molar refractivity (Wildman–Crippen MR) is 76.0 cm³/mol. The van der Waals surface area contributed by atoms with Gasteiger partial charge in [-0.1, -0.05) is 6.07 Å². The molecular formula is C14H11N3O2S. The molecule has 3 aromatic heterocycles. The van der Waals surface area contributed by atoms with Crippen molar-refractivity contribution < 1.29 is 9.53 Å². The predicted octanol–water partition coefficient (Wildman–Crippen LogP) is 2.78. The van der Waals surface area contributed by atoms with Crippen LogP contribution in [0.15, 0.2) is 48.1 Å². The molecule has 5 nitrogen and oxygen atoms in total. The van der Waals surface area contributed by atoms with E-state index in [-0.39, 0.29) is 5.69 Å². The molecule has 0 N–H and O–H groups in total. The Balaban J connectivity index is 2.17. The molecule has 0 aliphatic heterocycles. The number of pyridine rings is 1. The summed E-state index contributed by atoms with van der Waals surface area (Å²) in [4.78, 5) is 16.7. The largest absolute Gasteiger partial charge is 0.464 e. The van der Waals surface area contributed by atoms with Crippen LogP contribution in [-0.2, 0) is 4.74 Å². The molecule has 0 aliphatic rings. The van der Waals surface area contributed by atoms with Crippen LogP contribution in [0.2, 0.25) is 0 Å². The molecule has 0 fully saturated rings. The Labute approximate surface area is 119 Å². The lowest BCUT2D eigenvalue weighted by atomic mass is 10.3. The van der Waals surface area contributed by atoms with Crippen LogP contribution in [0.3, 0.4) is 0 Å². The highest BCUT2D eigenvalue weighted by Crippen LogP contribution is 2.27. The van der Waals surface area contributed by atoms with Crippen molar-refractivity contribution in [2.45, 2.75) is 0 Å². The van der Waals surface area contributed by atoms with Gasteiger partial charge in [0, 0.05) is 18.5 Å². The van der Waals surface area contributed by atoms with Gasteiger partial charge in [-0.25, -0.2) is 9.48 Å². The third-order valence-corrected chi connectivity index (χ3v) is 3.68. The zero-order valence-corrected chi connectivity index (χ0v) is 11.5. The van der Waals surface area contributed by atoms with Gasteiger partial charge in [-0.05, 0) is 23.6 Å². The zero-order valence-electron chi connectivity index (χ0n) is 10.7. The standard InChI is InChI=1S/C14H11N3O2S/c1-19-14(18)11-9-12(13-3-2-8-20-13)17(16-11)10-4-6-15-7-5-10/h2-9H,1H3. The van der Waals surface area contributed by atoms with E-state index < -0.39 is 5.97 Å². The molecule has 3 rings (SSSR count). The maximum Gasteiger partial charge on any atom is 0.358 e. The Hall–Kier alpha value is -2.47. The normalized spacial score (nSPS) is 10.4. The second-order valence-corrected chi connectivity index (χ2v) is 4.95. The first kappa shape index (κ1) is 12.6. The molecule has 0 unspecified atom stereocenters. The third-order valence-electron chi connectivity index (χ3n) is 2.78. The van der Waals surface area contributed by atoms with Crippen LogP contribution in [0, 0.1) is 0 Å². The minimum absolute atomic E-state index is 0.285. The van der Waals surface area contributed by atoms with Gasteiger partial charge < -0.3 is 4.74 Å². The van der Waals surface area contributed by atoms with Crippen molar-refractivity contribution in [1.82, 2.24) is 14.8 Å². The number of aromatic nitrogens is 3. The molecule has 3 aromatic rings. The van der Waals surface area contributed by atoms with Gasteiger partial charge in [-0.3, -0.25) is 4.98 Å². The lowest BCUT2D eigenvalue weighted by molar-refractivity contribution is 0.0593. The number of hydrogen-bond acceptors (Lipinski definition) is 5. The molecule has 0 saturated heterocycles. The van der Waals surface area contributed by atoms with Crippen molar-refractivity contribution in [2.75, 3.05) is 7.11 Å². The Morgan fingerprint density at radius 2 is 2.10 bits per heavy atom. The molecule has 0 spiro atoms. The van der Waals surface area contributed by atoms with Gasteiger partial charge >= 0.3 is 5.97 Å². The first-order chi connectivity index (χ1) is 9.79. The molecule has 0 aliphatic carbocycles. The van der Waals surface area contributed by atoms with E-state index >= 15 is 0 Å². The fraction of sp³-hybridized carbons (Fsp3) is 0.0714. The zero-order chi connectivity index (χ0) is 13.9. The first-order valence-corrected chi connectivity index (χ1v) is 6.80. The van der Waals surface area contributed by atoms with E-state index in [0.29, 0.717) is 0 Å². The minimum atomic E-state index is -0.449. The quantitative estimate of drug-likeness (QED) is 0.694. The van der Waals surface area contributed by atoms with E-state index in [0.717, 1.165) is 16.3 Å². The average molecular weight is 285 g/mol. The number of methoxy groups -OCH3 is 1. The number of thiophene rings is 1. The van der Waals surface area contributed by atoms with Crippen molar-refractivity contribution in [3.05, 3.63) is 53.8 Å². The number of carbonyl (C=O) groups is 1. The van der Waals surface area contributed by atoms with Gasteiger partial charge in [0.15, 0.2) is 5.69 Å². The molecule has 3 heterocycles. The summed E-state index contributed by atoms with van der Waals surface area (Å²) in [5.41, 5.74) is 1.98. The minimum Gasteiger partial charge on any atom is -0.464 e. The van der Waals surface area contributed by atoms with Gasteiger partial charge in [-0.2, -0.15) is 5.10 Å². The van der Waals surface area contributed by atoms with Crippen LogP contribution in [-0.4, -0.2) is 27.8 Å². The molecule has 0 saturated carbocycles. The Morgan fingerprint density at radius 3 is 2.75 bits per heavy atom. The summed E-state index contributed by atoms with van der Waals surface area (Å²) in [7, 11) is 1.35. The van der Waals surface area contributed by atoms with Gasteiger partial charge in [0.05, 0.1) is 23.4 Å². The van der Waals surface area contributed by atoms with Crippen LogP contribution in [0.4, 0.5) is 0 Å². The van der Waals surface area contributed by atoms with Crippen molar-refractivity contribution in [3.63, 3.8) is 0 Å². The summed E-state index contributed by atoms with van der Waals surface area (Å²) in [6, 6.07) is 9.36. The van der Waals surface area contributed by atoms with E-state index in [4.69, 9.17) is 4.74 Å². The Bertz CT molecular complexity index is 720. The van der Waals surface area contributed by atoms with Crippen molar-refractivity contribution in [2.24, 2.45) is 0 Å². The molecular weight excluding hydrogens is 274 g/mol. The van der Waals surface area contributed by atoms with Gasteiger partial charge in [0.25, 0.3) is 0 Å². The van der Waals surface area contributed by atoms with Crippen LogP contribution >= 0.6 is 11.3 Å². The fourth-order valence-corrected chi connectivity index (χ4v) is 2.59. The number of esters is 1. The molecule has 0 radical (unpaired) electrons. The average Bonchev–Trinajstić information content (AvgIpc) is 3.16. The second-order valence-electron chi connectivity index (χ2n) is 4.00. The molecule has 0 aromatic carbocycles. The maximum atomic E-state index is 11.7. The molecule has 0 bridgehead atoms. The smallest absolute Gasteiger partial charge is 0.358 e. The summed E-state index contributed by atoms with van der Waals surface area (Å²) in [5, 5.41) is 6.31. The number of ether oxygens (including phenoxy) is 1. The number of hydrogen-bond donors (Lipinski definition) is 0. The summed E-state index contributed by atoms with van der Waals surface area (Å²) < 4.78 is 6.46. The van der Waals surface area contributed by atoms with Crippen LogP contribution in [0.1, 0.15) is 10.5 Å². The van der Waals surface area contributed by atoms with Gasteiger partial charge in [0.2, 0.25) is 0 Å². The second kappa shape index (κ2) is 5.26. The first-order valence-electron chi connectivity index (χ1n) is 5.92. The Kier molecular flexibility index (Phi) is 3.30. The molecule has 100 valence electrons. The summed E-state index contributed by atoms with van der Waals surface area (Å²) in [5.74, 6) is -0.449. The monoisotopic (exact) mass is 285 g/mol. The highest BCUT2D eigenvalue weighted by molar-refractivity contribution is 7.13. The molecule has 0 atom stereocenters. The number of rotatable bonds is 3. The SMILES string of the molecule is COC(=O)c1cc(-c2cccs2)n(-c2ccncc2)n1.